The molecule has 0 spiro atoms. The van der Waals surface area contributed by atoms with Crippen molar-refractivity contribution in [3.63, 3.8) is 0 Å². The van der Waals surface area contributed by atoms with Crippen LogP contribution in [0.15, 0.2) is 18.2 Å². The first kappa shape index (κ1) is 14.7. The number of carboxylic acid groups (broad SMARTS) is 1. The van der Waals surface area contributed by atoms with E-state index in [9.17, 15) is 23.1 Å². The summed E-state index contributed by atoms with van der Waals surface area (Å²) in [6.07, 6.45) is -1.66. The van der Waals surface area contributed by atoms with Crippen LogP contribution in [0.1, 0.15) is 31.2 Å². The van der Waals surface area contributed by atoms with Gasteiger partial charge in [-0.25, -0.2) is 13.2 Å². The molecule has 0 heterocycles. The molecule has 110 valence electrons. The zero-order valence-electron chi connectivity index (χ0n) is 11.0. The highest BCUT2D eigenvalue weighted by Gasteiger charge is 2.50. The Kier molecular flexibility index (Phi) is 3.67. The second kappa shape index (κ2) is 5.00. The van der Waals surface area contributed by atoms with Gasteiger partial charge >= 0.3 is 5.97 Å². The molecule has 0 atom stereocenters. The first-order valence-electron chi connectivity index (χ1n) is 6.26. The number of carboxylic acids is 1. The molecule has 1 N–H and O–H groups in total. The van der Waals surface area contributed by atoms with E-state index in [0.717, 1.165) is 6.07 Å². The minimum Gasteiger partial charge on any atom is -0.497 e. The molecule has 1 saturated carbocycles. The first-order valence-corrected chi connectivity index (χ1v) is 6.26. The second-order valence-corrected chi connectivity index (χ2v) is 5.09. The second-order valence-electron chi connectivity index (χ2n) is 5.09. The van der Waals surface area contributed by atoms with Crippen LogP contribution in [0.3, 0.4) is 0 Å². The molecule has 0 amide bonds. The van der Waals surface area contributed by atoms with Crippen LogP contribution in [0.25, 0.3) is 0 Å². The van der Waals surface area contributed by atoms with Gasteiger partial charge in [-0.15, -0.1) is 0 Å². The van der Waals surface area contributed by atoms with Crippen molar-refractivity contribution in [1.29, 1.82) is 0 Å². The Labute approximate surface area is 114 Å². The maximum Gasteiger partial charge on any atom is 0.314 e. The lowest BCUT2D eigenvalue weighted by molar-refractivity contribution is -0.149. The predicted molar refractivity (Wildman–Crippen MR) is 65.7 cm³/mol. The van der Waals surface area contributed by atoms with E-state index in [4.69, 9.17) is 4.74 Å². The first-order chi connectivity index (χ1) is 9.31. The van der Waals surface area contributed by atoms with Crippen molar-refractivity contribution in [1.82, 2.24) is 0 Å². The van der Waals surface area contributed by atoms with Gasteiger partial charge < -0.3 is 9.84 Å². The van der Waals surface area contributed by atoms with E-state index in [2.05, 4.69) is 0 Å². The van der Waals surface area contributed by atoms with Gasteiger partial charge in [-0.1, -0.05) is 6.07 Å². The van der Waals surface area contributed by atoms with Crippen LogP contribution < -0.4 is 4.74 Å². The van der Waals surface area contributed by atoms with Crippen molar-refractivity contribution < 1.29 is 27.8 Å². The lowest BCUT2D eigenvalue weighted by atomic mass is 9.68. The molecule has 0 unspecified atom stereocenters. The fraction of sp³-hybridized carbons (Fsp3) is 0.500. The molecule has 20 heavy (non-hydrogen) atoms. The SMILES string of the molecule is COc1ccc(C2(C(=O)O)CCC(F)(F)CC2)c(F)c1. The van der Waals surface area contributed by atoms with Gasteiger partial charge in [0, 0.05) is 24.5 Å². The molecule has 1 aromatic rings. The number of benzene rings is 1. The van der Waals surface area contributed by atoms with Crippen LogP contribution in [-0.4, -0.2) is 24.1 Å². The van der Waals surface area contributed by atoms with Gasteiger partial charge in [0.15, 0.2) is 0 Å². The molecule has 0 aromatic heterocycles. The number of alkyl halides is 2. The maximum absolute atomic E-state index is 14.1. The maximum atomic E-state index is 14.1. The molecule has 2 rings (SSSR count). The largest absolute Gasteiger partial charge is 0.497 e. The van der Waals surface area contributed by atoms with Gasteiger partial charge in [-0.2, -0.15) is 0 Å². The zero-order chi connectivity index (χ0) is 15.0. The standard InChI is InChI=1S/C14H15F3O3/c1-20-9-2-3-10(11(15)8-9)13(12(18)19)4-6-14(16,17)7-5-13/h2-3,8H,4-7H2,1H3,(H,18,19). The average Bonchev–Trinajstić information content (AvgIpc) is 2.39. The van der Waals surface area contributed by atoms with Crippen LogP contribution >= 0.6 is 0 Å². The van der Waals surface area contributed by atoms with Crippen LogP contribution in [-0.2, 0) is 10.2 Å². The molecule has 0 aliphatic heterocycles. The highest BCUT2D eigenvalue weighted by molar-refractivity contribution is 5.81. The lowest BCUT2D eigenvalue weighted by Crippen LogP contribution is -2.43. The zero-order valence-corrected chi connectivity index (χ0v) is 11.0. The minimum atomic E-state index is -2.87. The van der Waals surface area contributed by atoms with Crippen molar-refractivity contribution in [3.05, 3.63) is 29.6 Å². The fourth-order valence-corrected chi connectivity index (χ4v) is 2.65. The third-order valence-electron chi connectivity index (χ3n) is 3.94. The Morgan fingerprint density at radius 2 is 1.85 bits per heavy atom. The molecule has 1 aliphatic carbocycles. The van der Waals surface area contributed by atoms with Gasteiger partial charge in [0.1, 0.15) is 11.6 Å². The highest BCUT2D eigenvalue weighted by Crippen LogP contribution is 2.46. The summed E-state index contributed by atoms with van der Waals surface area (Å²) in [6, 6.07) is 3.83. The molecule has 3 nitrogen and oxygen atoms in total. The Bertz CT molecular complexity index is 518. The summed E-state index contributed by atoms with van der Waals surface area (Å²) in [4.78, 5) is 11.6. The molecule has 6 heteroatoms. The van der Waals surface area contributed by atoms with E-state index in [0.29, 0.717) is 0 Å². The molecular weight excluding hydrogens is 273 g/mol. The molecule has 1 aromatic carbocycles. The Balaban J connectivity index is 2.42. The number of aliphatic carboxylic acids is 1. The molecule has 1 aliphatic rings. The summed E-state index contributed by atoms with van der Waals surface area (Å²) in [6.45, 7) is 0. The summed E-state index contributed by atoms with van der Waals surface area (Å²) >= 11 is 0. The number of hydrogen-bond donors (Lipinski definition) is 1. The van der Waals surface area contributed by atoms with E-state index in [-0.39, 0.29) is 24.2 Å². The molecule has 0 saturated heterocycles. The summed E-state index contributed by atoms with van der Waals surface area (Å²) in [5.74, 6) is -4.62. The van der Waals surface area contributed by atoms with E-state index in [1.165, 1.54) is 19.2 Å². The Morgan fingerprint density at radius 1 is 1.25 bits per heavy atom. The lowest BCUT2D eigenvalue weighted by Gasteiger charge is -2.37. The number of methoxy groups -OCH3 is 1. The van der Waals surface area contributed by atoms with Crippen molar-refractivity contribution in [2.24, 2.45) is 0 Å². The minimum absolute atomic E-state index is 0.0544. The third kappa shape index (κ3) is 2.46. The Hall–Kier alpha value is -1.72. The van der Waals surface area contributed by atoms with E-state index in [1.807, 2.05) is 0 Å². The molecule has 0 radical (unpaired) electrons. The summed E-state index contributed by atoms with van der Waals surface area (Å²) in [5, 5.41) is 9.42. The monoisotopic (exact) mass is 288 g/mol. The number of halogens is 3. The van der Waals surface area contributed by atoms with Gasteiger partial charge in [0.25, 0.3) is 0 Å². The van der Waals surface area contributed by atoms with Crippen LogP contribution in [0, 0.1) is 5.82 Å². The number of rotatable bonds is 3. The van der Waals surface area contributed by atoms with Crippen molar-refractivity contribution in [3.8, 4) is 5.75 Å². The fourth-order valence-electron chi connectivity index (χ4n) is 2.65. The average molecular weight is 288 g/mol. The van der Waals surface area contributed by atoms with Crippen LogP contribution in [0.2, 0.25) is 0 Å². The van der Waals surface area contributed by atoms with E-state index >= 15 is 0 Å². The van der Waals surface area contributed by atoms with E-state index in [1.54, 1.807) is 0 Å². The number of carbonyl (C=O) groups is 1. The topological polar surface area (TPSA) is 46.5 Å². The van der Waals surface area contributed by atoms with Crippen LogP contribution in [0.5, 0.6) is 5.75 Å². The van der Waals surface area contributed by atoms with Crippen molar-refractivity contribution in [2.75, 3.05) is 7.11 Å². The molecular formula is C14H15F3O3. The summed E-state index contributed by atoms with van der Waals surface area (Å²) in [5.41, 5.74) is -1.64. The summed E-state index contributed by atoms with van der Waals surface area (Å²) in [7, 11) is 1.36. The van der Waals surface area contributed by atoms with Gasteiger partial charge in [-0.05, 0) is 18.9 Å². The van der Waals surface area contributed by atoms with Gasteiger partial charge in [-0.3, -0.25) is 4.79 Å². The van der Waals surface area contributed by atoms with Gasteiger partial charge in [0.2, 0.25) is 5.92 Å². The third-order valence-corrected chi connectivity index (χ3v) is 3.94. The Morgan fingerprint density at radius 3 is 2.30 bits per heavy atom. The normalized spacial score (nSPS) is 20.4. The van der Waals surface area contributed by atoms with Crippen LogP contribution in [0.4, 0.5) is 13.2 Å². The number of hydrogen-bond acceptors (Lipinski definition) is 2. The predicted octanol–water partition coefficient (Wildman–Crippen LogP) is 3.37. The number of ether oxygens (including phenoxy) is 1. The highest BCUT2D eigenvalue weighted by atomic mass is 19.3. The smallest absolute Gasteiger partial charge is 0.314 e. The van der Waals surface area contributed by atoms with Gasteiger partial charge in [0.05, 0.1) is 12.5 Å². The van der Waals surface area contributed by atoms with Crippen molar-refractivity contribution in [2.45, 2.75) is 37.0 Å². The molecule has 0 bridgehead atoms. The van der Waals surface area contributed by atoms with E-state index < -0.39 is 36.0 Å². The molecule has 1 fully saturated rings. The summed E-state index contributed by atoms with van der Waals surface area (Å²) < 4.78 is 45.4. The quantitative estimate of drug-likeness (QED) is 0.927. The van der Waals surface area contributed by atoms with Crippen molar-refractivity contribution >= 4 is 5.97 Å².